The topological polar surface area (TPSA) is 23.5 Å². The summed E-state index contributed by atoms with van der Waals surface area (Å²) in [6.45, 7) is 10.7. The van der Waals surface area contributed by atoms with Gasteiger partial charge in [0.2, 0.25) is 0 Å². The summed E-state index contributed by atoms with van der Waals surface area (Å²) < 4.78 is 0. The number of piperidine rings is 1. The van der Waals surface area contributed by atoms with E-state index in [2.05, 4.69) is 25.7 Å². The van der Waals surface area contributed by atoms with E-state index in [0.29, 0.717) is 5.92 Å². The Morgan fingerprint density at radius 3 is 2.37 bits per heavy atom. The van der Waals surface area contributed by atoms with Crippen molar-refractivity contribution in [3.05, 3.63) is 0 Å². The molecule has 112 valence electrons. The molecule has 1 saturated carbocycles. The summed E-state index contributed by atoms with van der Waals surface area (Å²) >= 11 is 0. The van der Waals surface area contributed by atoms with Crippen LogP contribution in [0.2, 0.25) is 0 Å². The van der Waals surface area contributed by atoms with E-state index in [-0.39, 0.29) is 6.10 Å². The van der Waals surface area contributed by atoms with E-state index in [4.69, 9.17) is 0 Å². The minimum absolute atomic E-state index is 0.0365. The van der Waals surface area contributed by atoms with Gasteiger partial charge in [-0.2, -0.15) is 0 Å². The molecule has 0 bridgehead atoms. The standard InChI is InChI=1S/C17H33NO/c1-4-14-5-6-17(19)16(11-14)12-18-9-7-15(8-10-18)13(2)3/h13-17,19H,4-12H2,1-3H3. The fraction of sp³-hybridized carbons (Fsp3) is 1.00. The van der Waals surface area contributed by atoms with E-state index in [0.717, 1.165) is 30.7 Å². The quantitative estimate of drug-likeness (QED) is 0.842. The Labute approximate surface area is 119 Å². The van der Waals surface area contributed by atoms with Gasteiger partial charge in [-0.25, -0.2) is 0 Å². The second kappa shape index (κ2) is 7.08. The van der Waals surface area contributed by atoms with Crippen LogP contribution in [0, 0.1) is 23.7 Å². The van der Waals surface area contributed by atoms with E-state index in [1.54, 1.807) is 0 Å². The van der Waals surface area contributed by atoms with Crippen molar-refractivity contribution in [2.24, 2.45) is 23.7 Å². The van der Waals surface area contributed by atoms with Crippen molar-refractivity contribution in [1.29, 1.82) is 0 Å². The first-order valence-corrected chi connectivity index (χ1v) is 8.50. The fourth-order valence-electron chi connectivity index (χ4n) is 4.05. The van der Waals surface area contributed by atoms with Crippen molar-refractivity contribution in [2.75, 3.05) is 19.6 Å². The van der Waals surface area contributed by atoms with Crippen LogP contribution < -0.4 is 0 Å². The number of likely N-dealkylation sites (tertiary alicyclic amines) is 1. The third-order valence-electron chi connectivity index (χ3n) is 5.70. The summed E-state index contributed by atoms with van der Waals surface area (Å²) in [5.74, 6) is 3.17. The number of aliphatic hydroxyl groups is 1. The van der Waals surface area contributed by atoms with Crippen LogP contribution in [0.5, 0.6) is 0 Å². The lowest BCUT2D eigenvalue weighted by Crippen LogP contribution is -2.42. The van der Waals surface area contributed by atoms with E-state index >= 15 is 0 Å². The Hall–Kier alpha value is -0.0800. The summed E-state index contributed by atoms with van der Waals surface area (Å²) in [5, 5.41) is 10.2. The van der Waals surface area contributed by atoms with Crippen LogP contribution in [0.3, 0.4) is 0 Å². The molecule has 1 aliphatic carbocycles. The summed E-state index contributed by atoms with van der Waals surface area (Å²) in [4.78, 5) is 2.62. The van der Waals surface area contributed by atoms with E-state index in [1.807, 2.05) is 0 Å². The van der Waals surface area contributed by atoms with Gasteiger partial charge in [-0.3, -0.25) is 0 Å². The van der Waals surface area contributed by atoms with Gasteiger partial charge in [-0.1, -0.05) is 27.2 Å². The van der Waals surface area contributed by atoms with E-state index in [9.17, 15) is 5.11 Å². The molecule has 2 heteroatoms. The zero-order valence-electron chi connectivity index (χ0n) is 13.1. The highest BCUT2D eigenvalue weighted by Crippen LogP contribution is 2.33. The lowest BCUT2D eigenvalue weighted by Gasteiger charge is -2.39. The van der Waals surface area contributed by atoms with Gasteiger partial charge in [-0.15, -0.1) is 0 Å². The molecule has 0 aromatic heterocycles. The van der Waals surface area contributed by atoms with Gasteiger partial charge < -0.3 is 10.0 Å². The molecule has 3 atom stereocenters. The molecule has 1 heterocycles. The molecule has 2 nitrogen and oxygen atoms in total. The first-order chi connectivity index (χ1) is 9.10. The Kier molecular flexibility index (Phi) is 5.70. The summed E-state index contributed by atoms with van der Waals surface area (Å²) in [6.07, 6.45) is 7.50. The van der Waals surface area contributed by atoms with Crippen LogP contribution >= 0.6 is 0 Å². The van der Waals surface area contributed by atoms with Crippen molar-refractivity contribution in [3.63, 3.8) is 0 Å². The highest BCUT2D eigenvalue weighted by atomic mass is 16.3. The van der Waals surface area contributed by atoms with Gasteiger partial charge in [0.05, 0.1) is 6.10 Å². The van der Waals surface area contributed by atoms with Crippen LogP contribution in [0.1, 0.15) is 59.3 Å². The molecule has 2 rings (SSSR count). The molecule has 1 saturated heterocycles. The van der Waals surface area contributed by atoms with Crippen LogP contribution in [0.4, 0.5) is 0 Å². The molecule has 0 radical (unpaired) electrons. The van der Waals surface area contributed by atoms with Crippen molar-refractivity contribution in [1.82, 2.24) is 4.90 Å². The zero-order valence-corrected chi connectivity index (χ0v) is 13.1. The Balaban J connectivity index is 1.78. The van der Waals surface area contributed by atoms with Gasteiger partial charge in [0.25, 0.3) is 0 Å². The van der Waals surface area contributed by atoms with Crippen LogP contribution in [0.25, 0.3) is 0 Å². The first-order valence-electron chi connectivity index (χ1n) is 8.50. The molecular formula is C17H33NO. The Bertz CT molecular complexity index is 258. The van der Waals surface area contributed by atoms with E-state index in [1.165, 1.54) is 45.2 Å². The Morgan fingerprint density at radius 1 is 1.11 bits per heavy atom. The van der Waals surface area contributed by atoms with Crippen molar-refractivity contribution >= 4 is 0 Å². The lowest BCUT2D eigenvalue weighted by molar-refractivity contribution is 0.0185. The maximum Gasteiger partial charge on any atom is 0.0580 e. The normalized spacial score (nSPS) is 34.9. The number of nitrogens with zero attached hydrogens (tertiary/aromatic N) is 1. The summed E-state index contributed by atoms with van der Waals surface area (Å²) in [7, 11) is 0. The average molecular weight is 267 g/mol. The largest absolute Gasteiger partial charge is 0.393 e. The SMILES string of the molecule is CCC1CCC(O)C(CN2CCC(C(C)C)CC2)C1. The predicted octanol–water partition coefficient (Wildman–Crippen LogP) is 3.54. The average Bonchev–Trinajstić information content (AvgIpc) is 2.42. The maximum atomic E-state index is 10.2. The summed E-state index contributed by atoms with van der Waals surface area (Å²) in [6, 6.07) is 0. The highest BCUT2D eigenvalue weighted by Gasteiger charge is 2.31. The Morgan fingerprint density at radius 2 is 1.79 bits per heavy atom. The monoisotopic (exact) mass is 267 g/mol. The second-order valence-corrected chi connectivity index (χ2v) is 7.30. The van der Waals surface area contributed by atoms with Crippen molar-refractivity contribution in [2.45, 2.75) is 65.4 Å². The van der Waals surface area contributed by atoms with Gasteiger partial charge >= 0.3 is 0 Å². The van der Waals surface area contributed by atoms with Crippen molar-refractivity contribution < 1.29 is 5.11 Å². The van der Waals surface area contributed by atoms with E-state index < -0.39 is 0 Å². The number of hydrogen-bond donors (Lipinski definition) is 1. The van der Waals surface area contributed by atoms with Gasteiger partial charge in [0.15, 0.2) is 0 Å². The predicted molar refractivity (Wildman–Crippen MR) is 81.1 cm³/mol. The third kappa shape index (κ3) is 4.19. The molecule has 0 spiro atoms. The lowest BCUT2D eigenvalue weighted by atomic mass is 9.77. The smallest absolute Gasteiger partial charge is 0.0580 e. The molecule has 3 unspecified atom stereocenters. The zero-order chi connectivity index (χ0) is 13.8. The van der Waals surface area contributed by atoms with Gasteiger partial charge in [-0.05, 0) is 68.9 Å². The molecule has 0 aromatic carbocycles. The number of aliphatic hydroxyl groups excluding tert-OH is 1. The van der Waals surface area contributed by atoms with Gasteiger partial charge in [0.1, 0.15) is 0 Å². The molecule has 0 aromatic rings. The minimum Gasteiger partial charge on any atom is -0.393 e. The van der Waals surface area contributed by atoms with Crippen LogP contribution in [-0.4, -0.2) is 35.7 Å². The number of hydrogen-bond acceptors (Lipinski definition) is 2. The fourth-order valence-corrected chi connectivity index (χ4v) is 4.05. The molecule has 19 heavy (non-hydrogen) atoms. The van der Waals surface area contributed by atoms with Gasteiger partial charge in [0, 0.05) is 6.54 Å². The molecule has 1 aliphatic heterocycles. The van der Waals surface area contributed by atoms with Crippen LogP contribution in [-0.2, 0) is 0 Å². The van der Waals surface area contributed by atoms with Crippen molar-refractivity contribution in [3.8, 4) is 0 Å². The third-order valence-corrected chi connectivity index (χ3v) is 5.70. The maximum absolute atomic E-state index is 10.2. The number of rotatable bonds is 4. The first kappa shape index (κ1) is 15.3. The molecule has 2 fully saturated rings. The van der Waals surface area contributed by atoms with Crippen LogP contribution in [0.15, 0.2) is 0 Å². The molecular weight excluding hydrogens is 234 g/mol. The molecule has 2 aliphatic rings. The molecule has 0 amide bonds. The summed E-state index contributed by atoms with van der Waals surface area (Å²) in [5.41, 5.74) is 0. The minimum atomic E-state index is -0.0365. The second-order valence-electron chi connectivity index (χ2n) is 7.30. The molecule has 1 N–H and O–H groups in total. The highest BCUT2D eigenvalue weighted by molar-refractivity contribution is 4.83.